The third-order valence-electron chi connectivity index (χ3n) is 2.35. The van der Waals surface area contributed by atoms with Crippen LogP contribution in [-0.2, 0) is 0 Å². The number of nitrogens with two attached hydrogens (primary N) is 1. The van der Waals surface area contributed by atoms with Gasteiger partial charge in [0.15, 0.2) is 5.11 Å². The second kappa shape index (κ2) is 6.03. The highest BCUT2D eigenvalue weighted by atomic mass is 32.1. The highest BCUT2D eigenvalue weighted by molar-refractivity contribution is 7.80. The minimum atomic E-state index is -0.464. The standard InChI is InChI=1S/C13H12N4OS/c14-17(12(18)11-8-4-5-9-15-11)13(19)16-10-6-2-1-3-7-10/h1-9H,14H2,(H,16,19). The molecular weight excluding hydrogens is 260 g/mol. The second-order valence-electron chi connectivity index (χ2n) is 3.69. The summed E-state index contributed by atoms with van der Waals surface area (Å²) in [7, 11) is 0. The topological polar surface area (TPSA) is 71.2 Å². The first kappa shape index (κ1) is 13.1. The fourth-order valence-corrected chi connectivity index (χ4v) is 1.61. The number of rotatable bonds is 2. The van der Waals surface area contributed by atoms with Gasteiger partial charge in [-0.1, -0.05) is 24.3 Å². The van der Waals surface area contributed by atoms with E-state index in [1.54, 1.807) is 18.2 Å². The van der Waals surface area contributed by atoms with Gasteiger partial charge in [0.25, 0.3) is 5.91 Å². The van der Waals surface area contributed by atoms with Gasteiger partial charge >= 0.3 is 0 Å². The Morgan fingerprint density at radius 1 is 1.16 bits per heavy atom. The Morgan fingerprint density at radius 2 is 1.84 bits per heavy atom. The van der Waals surface area contributed by atoms with Crippen LogP contribution in [0.15, 0.2) is 54.7 Å². The summed E-state index contributed by atoms with van der Waals surface area (Å²) in [6, 6.07) is 14.2. The number of aromatic nitrogens is 1. The zero-order chi connectivity index (χ0) is 13.7. The summed E-state index contributed by atoms with van der Waals surface area (Å²) >= 11 is 5.08. The van der Waals surface area contributed by atoms with Gasteiger partial charge in [0.05, 0.1) is 0 Å². The van der Waals surface area contributed by atoms with Crippen molar-refractivity contribution in [2.75, 3.05) is 5.32 Å². The van der Waals surface area contributed by atoms with Crippen molar-refractivity contribution in [1.82, 2.24) is 9.99 Å². The van der Waals surface area contributed by atoms with Crippen molar-refractivity contribution in [3.63, 3.8) is 0 Å². The lowest BCUT2D eigenvalue weighted by Gasteiger charge is -2.18. The summed E-state index contributed by atoms with van der Waals surface area (Å²) in [5, 5.41) is 3.85. The predicted octanol–water partition coefficient (Wildman–Crippen LogP) is 1.79. The van der Waals surface area contributed by atoms with Crippen LogP contribution in [0.4, 0.5) is 5.69 Å². The number of para-hydroxylation sites is 1. The minimum absolute atomic E-state index is 0.113. The van der Waals surface area contributed by atoms with Crippen LogP contribution < -0.4 is 11.2 Å². The molecule has 1 amide bonds. The number of anilines is 1. The number of carbonyl (C=O) groups is 1. The van der Waals surface area contributed by atoms with Crippen LogP contribution in [0.3, 0.4) is 0 Å². The molecule has 0 bridgehead atoms. The van der Waals surface area contributed by atoms with Gasteiger partial charge in [-0.2, -0.15) is 0 Å². The van der Waals surface area contributed by atoms with E-state index in [0.29, 0.717) is 0 Å². The molecule has 6 heteroatoms. The molecule has 19 heavy (non-hydrogen) atoms. The fourth-order valence-electron chi connectivity index (χ4n) is 1.41. The van der Waals surface area contributed by atoms with E-state index in [1.807, 2.05) is 30.3 Å². The van der Waals surface area contributed by atoms with E-state index in [2.05, 4.69) is 10.3 Å². The number of hydrogen-bond donors (Lipinski definition) is 2. The van der Waals surface area contributed by atoms with Crippen molar-refractivity contribution in [2.24, 2.45) is 5.84 Å². The first-order valence-electron chi connectivity index (χ1n) is 5.54. The molecule has 2 aromatic rings. The van der Waals surface area contributed by atoms with E-state index >= 15 is 0 Å². The molecule has 5 nitrogen and oxygen atoms in total. The highest BCUT2D eigenvalue weighted by Gasteiger charge is 2.17. The van der Waals surface area contributed by atoms with Gasteiger partial charge in [0.2, 0.25) is 0 Å². The Labute approximate surface area is 116 Å². The van der Waals surface area contributed by atoms with Crippen molar-refractivity contribution in [3.05, 3.63) is 60.4 Å². The largest absolute Gasteiger partial charge is 0.331 e. The average Bonchev–Trinajstić information content (AvgIpc) is 2.47. The molecule has 2 rings (SSSR count). The molecule has 0 saturated heterocycles. The molecule has 1 heterocycles. The lowest BCUT2D eigenvalue weighted by molar-refractivity contribution is 0.0844. The number of hydrogen-bond acceptors (Lipinski definition) is 4. The molecule has 1 aromatic carbocycles. The third kappa shape index (κ3) is 3.34. The summed E-state index contributed by atoms with van der Waals surface area (Å²) in [6.07, 6.45) is 1.52. The van der Waals surface area contributed by atoms with Crippen molar-refractivity contribution in [1.29, 1.82) is 0 Å². The smallest absolute Gasteiger partial charge is 0.292 e. The van der Waals surface area contributed by atoms with Crippen molar-refractivity contribution in [3.8, 4) is 0 Å². The zero-order valence-electron chi connectivity index (χ0n) is 9.98. The van der Waals surface area contributed by atoms with Crippen molar-refractivity contribution >= 4 is 28.9 Å². The molecule has 0 aliphatic rings. The number of nitrogens with one attached hydrogen (secondary N) is 1. The maximum atomic E-state index is 12.0. The van der Waals surface area contributed by atoms with Crippen LogP contribution in [0.2, 0.25) is 0 Å². The number of hydrazine groups is 1. The Morgan fingerprint density at radius 3 is 2.47 bits per heavy atom. The van der Waals surface area contributed by atoms with Gasteiger partial charge in [-0.3, -0.25) is 9.78 Å². The van der Waals surface area contributed by atoms with E-state index in [1.165, 1.54) is 6.20 Å². The highest BCUT2D eigenvalue weighted by Crippen LogP contribution is 2.07. The van der Waals surface area contributed by atoms with Gasteiger partial charge < -0.3 is 5.32 Å². The van der Waals surface area contributed by atoms with E-state index in [-0.39, 0.29) is 10.8 Å². The Hall–Kier alpha value is -2.31. The summed E-state index contributed by atoms with van der Waals surface area (Å²) in [6.45, 7) is 0. The van der Waals surface area contributed by atoms with Crippen LogP contribution in [0.5, 0.6) is 0 Å². The molecule has 0 spiro atoms. The Bertz CT molecular complexity index is 574. The number of nitrogens with zero attached hydrogens (tertiary/aromatic N) is 2. The number of carbonyl (C=O) groups excluding carboxylic acids is 1. The first-order valence-corrected chi connectivity index (χ1v) is 5.95. The second-order valence-corrected chi connectivity index (χ2v) is 4.07. The Balaban J connectivity index is 2.06. The quantitative estimate of drug-likeness (QED) is 0.377. The van der Waals surface area contributed by atoms with Gasteiger partial charge in [0, 0.05) is 11.9 Å². The zero-order valence-corrected chi connectivity index (χ0v) is 10.8. The summed E-state index contributed by atoms with van der Waals surface area (Å²) in [5.41, 5.74) is 0.999. The lowest BCUT2D eigenvalue weighted by atomic mass is 10.3. The van der Waals surface area contributed by atoms with Gasteiger partial charge in [0.1, 0.15) is 5.69 Å². The van der Waals surface area contributed by atoms with Crippen molar-refractivity contribution < 1.29 is 4.79 Å². The molecule has 0 atom stereocenters. The number of pyridine rings is 1. The molecule has 96 valence electrons. The molecular formula is C13H12N4OS. The normalized spacial score (nSPS) is 9.74. The van der Waals surface area contributed by atoms with E-state index in [4.69, 9.17) is 18.1 Å². The number of thiocarbonyl (C=S) groups is 1. The van der Waals surface area contributed by atoms with Gasteiger partial charge in [-0.05, 0) is 36.5 Å². The Kier molecular flexibility index (Phi) is 4.17. The van der Waals surface area contributed by atoms with Crippen LogP contribution in [0.1, 0.15) is 10.5 Å². The maximum absolute atomic E-state index is 12.0. The van der Waals surface area contributed by atoms with Crippen LogP contribution in [0, 0.1) is 0 Å². The number of benzene rings is 1. The fraction of sp³-hybridized carbons (Fsp3) is 0. The minimum Gasteiger partial charge on any atom is -0.331 e. The van der Waals surface area contributed by atoms with Gasteiger partial charge in [-0.15, -0.1) is 0 Å². The predicted molar refractivity (Wildman–Crippen MR) is 77.3 cm³/mol. The molecule has 0 fully saturated rings. The van der Waals surface area contributed by atoms with Crippen LogP contribution in [-0.4, -0.2) is 21.0 Å². The molecule has 0 unspecified atom stereocenters. The molecule has 0 aliphatic carbocycles. The maximum Gasteiger partial charge on any atom is 0.292 e. The van der Waals surface area contributed by atoms with Crippen molar-refractivity contribution in [2.45, 2.75) is 0 Å². The molecule has 3 N–H and O–H groups in total. The summed E-state index contributed by atoms with van der Waals surface area (Å²) < 4.78 is 0. The molecule has 0 saturated carbocycles. The molecule has 0 radical (unpaired) electrons. The van der Waals surface area contributed by atoms with E-state index < -0.39 is 5.91 Å². The summed E-state index contributed by atoms with van der Waals surface area (Å²) in [5.74, 6) is 5.22. The first-order chi connectivity index (χ1) is 9.18. The SMILES string of the molecule is NN(C(=O)c1ccccn1)C(=S)Nc1ccccc1. The third-order valence-corrected chi connectivity index (χ3v) is 2.65. The van der Waals surface area contributed by atoms with Gasteiger partial charge in [-0.25, -0.2) is 10.9 Å². The van der Waals surface area contributed by atoms with Crippen LogP contribution >= 0.6 is 12.2 Å². The molecule has 0 aliphatic heterocycles. The van der Waals surface area contributed by atoms with E-state index in [0.717, 1.165) is 10.7 Å². The van der Waals surface area contributed by atoms with E-state index in [9.17, 15) is 4.79 Å². The summed E-state index contributed by atoms with van der Waals surface area (Å²) in [4.78, 5) is 15.9. The number of amides is 1. The monoisotopic (exact) mass is 272 g/mol. The average molecular weight is 272 g/mol. The lowest BCUT2D eigenvalue weighted by Crippen LogP contribution is -2.45. The molecule has 1 aromatic heterocycles. The van der Waals surface area contributed by atoms with Crippen LogP contribution in [0.25, 0.3) is 0 Å².